The predicted molar refractivity (Wildman–Crippen MR) is 78.6 cm³/mol. The van der Waals surface area contributed by atoms with Crippen molar-refractivity contribution in [2.24, 2.45) is 5.16 Å². The summed E-state index contributed by atoms with van der Waals surface area (Å²) in [5, 5.41) is 13.4. The summed E-state index contributed by atoms with van der Waals surface area (Å²) < 4.78 is 5.07. The van der Waals surface area contributed by atoms with Crippen LogP contribution in [0.4, 0.5) is 0 Å². The van der Waals surface area contributed by atoms with Gasteiger partial charge in [-0.05, 0) is 45.9 Å². The number of carboxylic acid groups (broad SMARTS) is 1. The number of aromatic carboxylic acids is 1. The number of oxime groups is 1. The van der Waals surface area contributed by atoms with E-state index in [0.29, 0.717) is 17.1 Å². The van der Waals surface area contributed by atoms with Gasteiger partial charge in [-0.3, -0.25) is 0 Å². The molecule has 0 radical (unpaired) electrons. The average molecular weight is 292 g/mol. The Morgan fingerprint density at radius 1 is 1.43 bits per heavy atom. The van der Waals surface area contributed by atoms with Gasteiger partial charge in [-0.2, -0.15) is 0 Å². The highest BCUT2D eigenvalue weighted by molar-refractivity contribution is 6.02. The Morgan fingerprint density at radius 2 is 2.10 bits per heavy atom. The van der Waals surface area contributed by atoms with Crippen LogP contribution in [0.2, 0.25) is 0 Å². The monoisotopic (exact) mass is 292 g/mol. The van der Waals surface area contributed by atoms with Crippen LogP contribution in [0.25, 0.3) is 0 Å². The van der Waals surface area contributed by atoms with Gasteiger partial charge in [0.1, 0.15) is 11.3 Å². The van der Waals surface area contributed by atoms with Gasteiger partial charge < -0.3 is 19.6 Å². The van der Waals surface area contributed by atoms with E-state index in [4.69, 9.17) is 9.57 Å². The molecule has 6 heteroatoms. The largest absolute Gasteiger partial charge is 0.496 e. The number of carboxylic acids is 1. The SMILES string of the molecule is COc1ccc(C2=NOC(C)(C)N2C(C)C)cc1C(=O)O. The van der Waals surface area contributed by atoms with Crippen LogP contribution in [0.5, 0.6) is 5.75 Å². The number of hydrogen-bond acceptors (Lipinski definition) is 5. The van der Waals surface area contributed by atoms with Crippen LogP contribution in [0.1, 0.15) is 43.6 Å². The summed E-state index contributed by atoms with van der Waals surface area (Å²) in [7, 11) is 1.45. The minimum absolute atomic E-state index is 0.103. The van der Waals surface area contributed by atoms with Crippen molar-refractivity contribution in [1.82, 2.24) is 4.90 Å². The smallest absolute Gasteiger partial charge is 0.339 e. The summed E-state index contributed by atoms with van der Waals surface area (Å²) in [6.07, 6.45) is 0. The normalized spacial score (nSPS) is 16.7. The maximum absolute atomic E-state index is 11.3. The van der Waals surface area contributed by atoms with E-state index in [-0.39, 0.29) is 11.6 Å². The molecule has 1 heterocycles. The second-order valence-corrected chi connectivity index (χ2v) is 5.64. The number of rotatable bonds is 4. The molecule has 1 aliphatic rings. The fourth-order valence-corrected chi connectivity index (χ4v) is 2.57. The Morgan fingerprint density at radius 3 is 2.62 bits per heavy atom. The van der Waals surface area contributed by atoms with E-state index in [1.165, 1.54) is 7.11 Å². The fraction of sp³-hybridized carbons (Fsp3) is 0.467. The lowest BCUT2D eigenvalue weighted by Gasteiger charge is -2.34. The van der Waals surface area contributed by atoms with Crippen LogP contribution < -0.4 is 4.74 Å². The van der Waals surface area contributed by atoms with Crippen molar-refractivity contribution in [3.05, 3.63) is 29.3 Å². The first kappa shape index (κ1) is 15.2. The molecule has 6 nitrogen and oxygen atoms in total. The Hall–Kier alpha value is -2.24. The first-order valence-electron chi connectivity index (χ1n) is 6.75. The van der Waals surface area contributed by atoms with Gasteiger partial charge in [-0.15, -0.1) is 0 Å². The van der Waals surface area contributed by atoms with Gasteiger partial charge in [0.15, 0.2) is 5.84 Å². The van der Waals surface area contributed by atoms with Crippen LogP contribution in [0.3, 0.4) is 0 Å². The minimum atomic E-state index is -1.04. The third kappa shape index (κ3) is 2.66. The molecule has 2 rings (SSSR count). The quantitative estimate of drug-likeness (QED) is 0.923. The highest BCUT2D eigenvalue weighted by atomic mass is 16.7. The lowest BCUT2D eigenvalue weighted by Crippen LogP contribution is -2.48. The van der Waals surface area contributed by atoms with Gasteiger partial charge in [0.25, 0.3) is 0 Å². The van der Waals surface area contributed by atoms with Gasteiger partial charge in [0, 0.05) is 11.6 Å². The molecule has 1 aliphatic heterocycles. The summed E-state index contributed by atoms with van der Waals surface area (Å²) in [4.78, 5) is 18.8. The van der Waals surface area contributed by atoms with Gasteiger partial charge in [0.05, 0.1) is 7.11 Å². The molecule has 0 aromatic heterocycles. The van der Waals surface area contributed by atoms with Crippen molar-refractivity contribution >= 4 is 11.8 Å². The Balaban J connectivity index is 2.47. The lowest BCUT2D eigenvalue weighted by atomic mass is 10.1. The van der Waals surface area contributed by atoms with Crippen molar-refractivity contribution in [2.45, 2.75) is 39.5 Å². The van der Waals surface area contributed by atoms with Gasteiger partial charge in [0.2, 0.25) is 5.72 Å². The van der Waals surface area contributed by atoms with E-state index in [0.717, 1.165) is 0 Å². The zero-order valence-electron chi connectivity index (χ0n) is 12.9. The molecule has 0 bridgehead atoms. The number of nitrogens with zero attached hydrogens (tertiary/aromatic N) is 2. The van der Waals surface area contributed by atoms with Gasteiger partial charge in [-0.25, -0.2) is 4.79 Å². The van der Waals surface area contributed by atoms with Gasteiger partial charge >= 0.3 is 5.97 Å². The summed E-state index contributed by atoms with van der Waals surface area (Å²) in [6, 6.07) is 5.13. The molecule has 1 aromatic carbocycles. The third-order valence-corrected chi connectivity index (χ3v) is 3.37. The molecule has 0 atom stereocenters. The number of hydrogen-bond donors (Lipinski definition) is 1. The predicted octanol–water partition coefficient (Wildman–Crippen LogP) is 2.53. The fourth-order valence-electron chi connectivity index (χ4n) is 2.57. The van der Waals surface area contributed by atoms with Crippen LogP contribution in [-0.2, 0) is 4.84 Å². The topological polar surface area (TPSA) is 71.4 Å². The number of carbonyl (C=O) groups is 1. The minimum Gasteiger partial charge on any atom is -0.496 e. The number of amidine groups is 1. The van der Waals surface area contributed by atoms with E-state index < -0.39 is 11.7 Å². The standard InChI is InChI=1S/C15H20N2O4/c1-9(2)17-13(16-21-15(17,3)4)10-6-7-12(20-5)11(8-10)14(18)19/h6-9H,1-5H3,(H,18,19). The molecule has 0 saturated heterocycles. The van der Waals surface area contributed by atoms with Crippen molar-refractivity contribution in [3.8, 4) is 5.75 Å². The first-order valence-corrected chi connectivity index (χ1v) is 6.75. The molecule has 1 aromatic rings. The van der Waals surface area contributed by atoms with E-state index >= 15 is 0 Å². The third-order valence-electron chi connectivity index (χ3n) is 3.37. The number of benzene rings is 1. The Labute approximate surface area is 124 Å². The van der Waals surface area contributed by atoms with Crippen LogP contribution in [0.15, 0.2) is 23.4 Å². The second kappa shape index (κ2) is 5.27. The van der Waals surface area contributed by atoms with Gasteiger partial charge in [-0.1, -0.05) is 5.16 Å². The molecule has 0 amide bonds. The summed E-state index contributed by atoms with van der Waals surface area (Å²) >= 11 is 0. The highest BCUT2D eigenvalue weighted by Gasteiger charge is 2.40. The van der Waals surface area contributed by atoms with Crippen molar-refractivity contribution in [1.29, 1.82) is 0 Å². The zero-order chi connectivity index (χ0) is 15.8. The number of methoxy groups -OCH3 is 1. The lowest BCUT2D eigenvalue weighted by molar-refractivity contribution is -0.0782. The molecule has 0 unspecified atom stereocenters. The van der Waals surface area contributed by atoms with E-state index in [9.17, 15) is 9.90 Å². The van der Waals surface area contributed by atoms with Crippen molar-refractivity contribution in [3.63, 3.8) is 0 Å². The molecule has 21 heavy (non-hydrogen) atoms. The summed E-state index contributed by atoms with van der Waals surface area (Å²) in [6.45, 7) is 7.91. The maximum Gasteiger partial charge on any atom is 0.339 e. The van der Waals surface area contributed by atoms with Crippen LogP contribution >= 0.6 is 0 Å². The van der Waals surface area contributed by atoms with Crippen LogP contribution in [0, 0.1) is 0 Å². The molecular weight excluding hydrogens is 272 g/mol. The average Bonchev–Trinajstić information content (AvgIpc) is 2.73. The van der Waals surface area contributed by atoms with Crippen LogP contribution in [-0.4, -0.2) is 40.7 Å². The molecular formula is C15H20N2O4. The zero-order valence-corrected chi connectivity index (χ0v) is 12.9. The molecule has 0 spiro atoms. The van der Waals surface area contributed by atoms with Crippen molar-refractivity contribution < 1.29 is 19.5 Å². The Kier molecular flexibility index (Phi) is 3.80. The molecule has 0 fully saturated rings. The molecule has 0 aliphatic carbocycles. The summed E-state index contributed by atoms with van der Waals surface area (Å²) in [5.74, 6) is -0.0927. The van der Waals surface area contributed by atoms with E-state index in [1.807, 2.05) is 32.6 Å². The van der Waals surface area contributed by atoms with E-state index in [2.05, 4.69) is 5.16 Å². The Bertz CT molecular complexity index is 593. The highest BCUT2D eigenvalue weighted by Crippen LogP contribution is 2.30. The second-order valence-electron chi connectivity index (χ2n) is 5.64. The molecule has 0 saturated carbocycles. The first-order chi connectivity index (χ1) is 9.77. The van der Waals surface area contributed by atoms with E-state index in [1.54, 1.807) is 18.2 Å². The van der Waals surface area contributed by atoms with Crippen molar-refractivity contribution in [2.75, 3.05) is 7.11 Å². The number of ether oxygens (including phenoxy) is 1. The summed E-state index contributed by atoms with van der Waals surface area (Å²) in [5.41, 5.74) is 0.228. The maximum atomic E-state index is 11.3. The molecule has 114 valence electrons. The molecule has 1 N–H and O–H groups in total.